The minimum absolute atomic E-state index is 0.0491. The summed E-state index contributed by atoms with van der Waals surface area (Å²) in [5.41, 5.74) is 1.25. The van der Waals surface area contributed by atoms with E-state index in [4.69, 9.17) is 0 Å². The lowest BCUT2D eigenvalue weighted by Crippen LogP contribution is -2.21. The average Bonchev–Trinajstić information content (AvgIpc) is 2.56. The smallest absolute Gasteiger partial charge is 0.271 e. The van der Waals surface area contributed by atoms with Crippen molar-refractivity contribution < 1.29 is 15.1 Å². The monoisotopic (exact) mass is 329 g/mol. The fourth-order valence-electron chi connectivity index (χ4n) is 2.29. The highest BCUT2D eigenvalue weighted by Crippen LogP contribution is 2.31. The van der Waals surface area contributed by atoms with Gasteiger partial charge in [0.1, 0.15) is 17.2 Å². The molecule has 2 aromatic rings. The van der Waals surface area contributed by atoms with Crippen molar-refractivity contribution in [2.24, 2.45) is 4.99 Å². The van der Waals surface area contributed by atoms with Crippen molar-refractivity contribution in [3.63, 3.8) is 0 Å². The molecular formula is C17H19N3O4. The van der Waals surface area contributed by atoms with Crippen LogP contribution in [0.15, 0.2) is 41.4 Å². The SMILES string of the molecule is CCN(CC)c1ccc(C=Nc2cc([N+](=O)[O-])ccc2O)c(O)c1. The molecule has 0 atom stereocenters. The number of hydrogen-bond donors (Lipinski definition) is 2. The number of hydrogen-bond acceptors (Lipinski definition) is 6. The Morgan fingerprint density at radius 2 is 1.83 bits per heavy atom. The molecule has 0 heterocycles. The van der Waals surface area contributed by atoms with Gasteiger partial charge >= 0.3 is 0 Å². The second-order valence-corrected chi connectivity index (χ2v) is 5.10. The summed E-state index contributed by atoms with van der Waals surface area (Å²) in [4.78, 5) is 16.3. The number of phenolic OH excluding ortho intramolecular Hbond substituents is 2. The van der Waals surface area contributed by atoms with Crippen molar-refractivity contribution >= 4 is 23.3 Å². The largest absolute Gasteiger partial charge is 0.507 e. The van der Waals surface area contributed by atoms with Crippen molar-refractivity contribution in [1.29, 1.82) is 0 Å². The molecular weight excluding hydrogens is 310 g/mol. The number of nitro benzene ring substituents is 1. The van der Waals surface area contributed by atoms with Crippen molar-refractivity contribution in [2.75, 3.05) is 18.0 Å². The molecule has 0 spiro atoms. The second-order valence-electron chi connectivity index (χ2n) is 5.10. The molecule has 0 saturated carbocycles. The van der Waals surface area contributed by atoms with Gasteiger partial charge in [0.2, 0.25) is 0 Å². The standard InChI is InChI=1S/C17H19N3O4/c1-3-19(4-2)13-6-5-12(17(22)10-13)11-18-15-9-14(20(23)24)7-8-16(15)21/h5-11,21-22H,3-4H2,1-2H3. The van der Waals surface area contributed by atoms with E-state index in [1.807, 2.05) is 19.9 Å². The van der Waals surface area contributed by atoms with Gasteiger partial charge in [-0.15, -0.1) is 0 Å². The van der Waals surface area contributed by atoms with Crippen molar-refractivity contribution in [1.82, 2.24) is 0 Å². The van der Waals surface area contributed by atoms with E-state index in [9.17, 15) is 20.3 Å². The maximum Gasteiger partial charge on any atom is 0.271 e. The Balaban J connectivity index is 2.29. The van der Waals surface area contributed by atoms with Gasteiger partial charge in [0, 0.05) is 48.8 Å². The van der Waals surface area contributed by atoms with Crippen molar-refractivity contribution in [2.45, 2.75) is 13.8 Å². The van der Waals surface area contributed by atoms with E-state index >= 15 is 0 Å². The third-order valence-electron chi connectivity index (χ3n) is 3.66. The van der Waals surface area contributed by atoms with E-state index in [0.717, 1.165) is 18.8 Å². The highest BCUT2D eigenvalue weighted by atomic mass is 16.6. The highest BCUT2D eigenvalue weighted by Gasteiger charge is 2.10. The molecule has 126 valence electrons. The minimum Gasteiger partial charge on any atom is -0.507 e. The molecule has 7 nitrogen and oxygen atoms in total. The molecule has 0 unspecified atom stereocenters. The zero-order valence-corrected chi connectivity index (χ0v) is 13.5. The van der Waals surface area contributed by atoms with Crippen LogP contribution in [0.25, 0.3) is 0 Å². The Kier molecular flexibility index (Phi) is 5.36. The molecule has 0 aliphatic carbocycles. The van der Waals surface area contributed by atoms with Crippen LogP contribution in [-0.2, 0) is 0 Å². The van der Waals surface area contributed by atoms with Gasteiger partial charge in [-0.3, -0.25) is 15.1 Å². The van der Waals surface area contributed by atoms with Gasteiger partial charge in [-0.05, 0) is 32.0 Å². The number of benzene rings is 2. The Bertz CT molecular complexity index is 770. The number of non-ortho nitro benzene ring substituents is 1. The molecule has 2 rings (SSSR count). The van der Waals surface area contributed by atoms with Crippen LogP contribution in [0.1, 0.15) is 19.4 Å². The van der Waals surface area contributed by atoms with Gasteiger partial charge in [0.15, 0.2) is 0 Å². The summed E-state index contributed by atoms with van der Waals surface area (Å²) in [6, 6.07) is 8.80. The van der Waals surface area contributed by atoms with E-state index in [2.05, 4.69) is 9.89 Å². The molecule has 0 saturated heterocycles. The highest BCUT2D eigenvalue weighted by molar-refractivity contribution is 5.87. The zero-order valence-electron chi connectivity index (χ0n) is 13.5. The molecule has 0 aliphatic heterocycles. The molecule has 0 aliphatic rings. The summed E-state index contributed by atoms with van der Waals surface area (Å²) in [5, 5.41) is 30.7. The van der Waals surface area contributed by atoms with Gasteiger partial charge in [0.05, 0.1) is 4.92 Å². The first kappa shape index (κ1) is 17.3. The topological polar surface area (TPSA) is 99.2 Å². The Morgan fingerprint density at radius 1 is 1.12 bits per heavy atom. The molecule has 0 aromatic heterocycles. The first-order valence-corrected chi connectivity index (χ1v) is 7.55. The van der Waals surface area contributed by atoms with Crippen LogP contribution in [0.2, 0.25) is 0 Å². The fraction of sp³-hybridized carbons (Fsp3) is 0.235. The van der Waals surface area contributed by atoms with Crippen molar-refractivity contribution in [3.8, 4) is 11.5 Å². The predicted molar refractivity (Wildman–Crippen MR) is 93.7 cm³/mol. The molecule has 7 heteroatoms. The summed E-state index contributed by atoms with van der Waals surface area (Å²) in [7, 11) is 0. The van der Waals surface area contributed by atoms with E-state index in [1.165, 1.54) is 24.4 Å². The fourth-order valence-corrected chi connectivity index (χ4v) is 2.29. The average molecular weight is 329 g/mol. The van der Waals surface area contributed by atoms with E-state index in [1.54, 1.807) is 12.1 Å². The quantitative estimate of drug-likeness (QED) is 0.479. The van der Waals surface area contributed by atoms with Gasteiger partial charge in [-0.2, -0.15) is 0 Å². The lowest BCUT2D eigenvalue weighted by Gasteiger charge is -2.21. The Labute approximate surface area is 139 Å². The maximum atomic E-state index is 10.8. The van der Waals surface area contributed by atoms with Gasteiger partial charge in [-0.1, -0.05) is 0 Å². The number of aliphatic imine (C=N–C) groups is 1. The normalized spacial score (nSPS) is 10.9. The molecule has 0 bridgehead atoms. The summed E-state index contributed by atoms with van der Waals surface area (Å²) in [6.45, 7) is 5.71. The number of rotatable bonds is 6. The zero-order chi connectivity index (χ0) is 17.7. The second kappa shape index (κ2) is 7.45. The van der Waals surface area contributed by atoms with E-state index < -0.39 is 4.92 Å². The molecule has 0 fully saturated rings. The lowest BCUT2D eigenvalue weighted by atomic mass is 10.1. The summed E-state index contributed by atoms with van der Waals surface area (Å²) in [6.07, 6.45) is 1.36. The van der Waals surface area contributed by atoms with E-state index in [-0.39, 0.29) is 22.9 Å². The number of aromatic hydroxyl groups is 2. The number of nitro groups is 1. The first-order chi connectivity index (χ1) is 11.5. The lowest BCUT2D eigenvalue weighted by molar-refractivity contribution is -0.384. The number of nitrogens with zero attached hydrogens (tertiary/aromatic N) is 3. The van der Waals surface area contributed by atoms with Crippen LogP contribution < -0.4 is 4.90 Å². The molecule has 0 radical (unpaired) electrons. The minimum atomic E-state index is -0.561. The third-order valence-corrected chi connectivity index (χ3v) is 3.66. The maximum absolute atomic E-state index is 10.8. The molecule has 2 aromatic carbocycles. The van der Waals surface area contributed by atoms with Crippen LogP contribution in [0, 0.1) is 10.1 Å². The van der Waals surface area contributed by atoms with Crippen LogP contribution in [0.5, 0.6) is 11.5 Å². The Morgan fingerprint density at radius 3 is 2.42 bits per heavy atom. The number of phenols is 2. The predicted octanol–water partition coefficient (Wildman–Crippen LogP) is 3.60. The number of anilines is 1. The molecule has 0 amide bonds. The third kappa shape index (κ3) is 3.81. The summed E-state index contributed by atoms with van der Waals surface area (Å²) >= 11 is 0. The van der Waals surface area contributed by atoms with Gasteiger partial charge < -0.3 is 15.1 Å². The van der Waals surface area contributed by atoms with Crippen LogP contribution in [0.3, 0.4) is 0 Å². The van der Waals surface area contributed by atoms with E-state index in [0.29, 0.717) is 5.56 Å². The molecule has 24 heavy (non-hydrogen) atoms. The van der Waals surface area contributed by atoms with Crippen LogP contribution in [0.4, 0.5) is 17.1 Å². The van der Waals surface area contributed by atoms with Gasteiger partial charge in [0.25, 0.3) is 5.69 Å². The Hall–Kier alpha value is -3.09. The molecule has 2 N–H and O–H groups in total. The van der Waals surface area contributed by atoms with Gasteiger partial charge in [-0.25, -0.2) is 0 Å². The first-order valence-electron chi connectivity index (χ1n) is 7.55. The van der Waals surface area contributed by atoms with Crippen LogP contribution >= 0.6 is 0 Å². The van der Waals surface area contributed by atoms with Crippen LogP contribution in [-0.4, -0.2) is 34.4 Å². The van der Waals surface area contributed by atoms with Crippen molar-refractivity contribution in [3.05, 3.63) is 52.1 Å². The summed E-state index contributed by atoms with van der Waals surface area (Å²) < 4.78 is 0. The summed E-state index contributed by atoms with van der Waals surface area (Å²) in [5.74, 6) is -0.121.